The molecule has 0 fully saturated rings. The van der Waals surface area contributed by atoms with Gasteiger partial charge in [0.25, 0.3) is 0 Å². The maximum Gasteiger partial charge on any atom is 0.244 e. The van der Waals surface area contributed by atoms with Crippen molar-refractivity contribution in [1.29, 1.82) is 5.26 Å². The monoisotopic (exact) mass is 347 g/mol. The topological polar surface area (TPSA) is 87.2 Å². The standard InChI is InChI=1S/C17H18FN3O2S/c1-12-10-15(18)16(20)13(2)17(12)24(22,23)21(9-8-19)11-14-6-4-3-5-7-14/h3-7,10H,9,11,20H2,1-2H3. The predicted octanol–water partition coefficient (Wildman–Crippen LogP) is 2.74. The molecule has 24 heavy (non-hydrogen) atoms. The average Bonchev–Trinajstić information content (AvgIpc) is 2.53. The van der Waals surface area contributed by atoms with Gasteiger partial charge < -0.3 is 5.73 Å². The van der Waals surface area contributed by atoms with Crippen LogP contribution in [-0.4, -0.2) is 19.3 Å². The van der Waals surface area contributed by atoms with Crippen LogP contribution in [0.5, 0.6) is 0 Å². The van der Waals surface area contributed by atoms with Gasteiger partial charge in [-0.05, 0) is 36.6 Å². The van der Waals surface area contributed by atoms with Gasteiger partial charge in [0.05, 0.1) is 16.7 Å². The van der Waals surface area contributed by atoms with Crippen LogP contribution in [0.4, 0.5) is 10.1 Å². The molecule has 2 aromatic rings. The van der Waals surface area contributed by atoms with Gasteiger partial charge in [0.2, 0.25) is 10.0 Å². The van der Waals surface area contributed by atoms with Gasteiger partial charge in [0, 0.05) is 6.54 Å². The Morgan fingerprint density at radius 3 is 2.46 bits per heavy atom. The Kier molecular flexibility index (Phi) is 5.22. The molecule has 0 spiro atoms. The lowest BCUT2D eigenvalue weighted by Crippen LogP contribution is -2.32. The lowest BCUT2D eigenvalue weighted by atomic mass is 10.1. The largest absolute Gasteiger partial charge is 0.396 e. The van der Waals surface area contributed by atoms with Gasteiger partial charge in [-0.1, -0.05) is 30.3 Å². The number of rotatable bonds is 5. The van der Waals surface area contributed by atoms with Crippen LogP contribution in [-0.2, 0) is 16.6 Å². The number of hydrogen-bond donors (Lipinski definition) is 1. The summed E-state index contributed by atoms with van der Waals surface area (Å²) in [6, 6.07) is 11.9. The Hall–Kier alpha value is -2.43. The van der Waals surface area contributed by atoms with Crippen LogP contribution >= 0.6 is 0 Å². The smallest absolute Gasteiger partial charge is 0.244 e. The molecule has 0 amide bonds. The molecular weight excluding hydrogens is 329 g/mol. The highest BCUT2D eigenvalue weighted by atomic mass is 32.2. The molecule has 0 radical (unpaired) electrons. The highest BCUT2D eigenvalue weighted by Crippen LogP contribution is 2.30. The first-order valence-electron chi connectivity index (χ1n) is 7.25. The molecule has 0 aliphatic carbocycles. The summed E-state index contributed by atoms with van der Waals surface area (Å²) in [7, 11) is -4.00. The van der Waals surface area contributed by atoms with Gasteiger partial charge in [0.1, 0.15) is 12.4 Å². The van der Waals surface area contributed by atoms with Crippen molar-refractivity contribution >= 4 is 15.7 Å². The van der Waals surface area contributed by atoms with Crippen LogP contribution in [0.15, 0.2) is 41.3 Å². The molecule has 126 valence electrons. The number of sulfonamides is 1. The third-order valence-electron chi connectivity index (χ3n) is 3.75. The van der Waals surface area contributed by atoms with Crippen molar-refractivity contribution in [3.8, 4) is 6.07 Å². The molecule has 0 atom stereocenters. The second-order valence-electron chi connectivity index (χ2n) is 5.46. The quantitative estimate of drug-likeness (QED) is 0.665. The van der Waals surface area contributed by atoms with Gasteiger partial charge >= 0.3 is 0 Å². The Labute approximate surface area is 141 Å². The summed E-state index contributed by atoms with van der Waals surface area (Å²) in [4.78, 5) is -0.0485. The maximum absolute atomic E-state index is 13.7. The molecule has 0 aliphatic heterocycles. The number of nitrogens with zero attached hydrogens (tertiary/aromatic N) is 2. The van der Waals surface area contributed by atoms with E-state index in [9.17, 15) is 12.8 Å². The highest BCUT2D eigenvalue weighted by Gasteiger charge is 2.29. The molecule has 7 heteroatoms. The van der Waals surface area contributed by atoms with Crippen molar-refractivity contribution in [3.05, 3.63) is 58.9 Å². The van der Waals surface area contributed by atoms with Crippen molar-refractivity contribution in [1.82, 2.24) is 4.31 Å². The number of nitrogen functional groups attached to an aromatic ring is 1. The predicted molar refractivity (Wildman–Crippen MR) is 89.9 cm³/mol. The number of hydrogen-bond acceptors (Lipinski definition) is 4. The fourth-order valence-electron chi connectivity index (χ4n) is 2.55. The summed E-state index contributed by atoms with van der Waals surface area (Å²) in [5, 5.41) is 9.02. The lowest BCUT2D eigenvalue weighted by Gasteiger charge is -2.22. The van der Waals surface area contributed by atoms with Crippen LogP contribution in [0.3, 0.4) is 0 Å². The van der Waals surface area contributed by atoms with Gasteiger partial charge in [0.15, 0.2) is 0 Å². The molecule has 0 saturated heterocycles. The molecule has 0 aliphatic rings. The second-order valence-corrected chi connectivity index (χ2v) is 7.33. The van der Waals surface area contributed by atoms with E-state index in [4.69, 9.17) is 11.0 Å². The van der Waals surface area contributed by atoms with Crippen molar-refractivity contribution < 1.29 is 12.8 Å². The Bertz CT molecular complexity index is 890. The van der Waals surface area contributed by atoms with Gasteiger partial charge in [-0.25, -0.2) is 12.8 Å². The zero-order valence-electron chi connectivity index (χ0n) is 13.5. The molecule has 0 heterocycles. The summed E-state index contributed by atoms with van der Waals surface area (Å²) in [6.07, 6.45) is 0. The number of nitrogens with two attached hydrogens (primary N) is 1. The van der Waals surface area contributed by atoms with E-state index < -0.39 is 15.8 Å². The zero-order chi connectivity index (χ0) is 17.9. The molecule has 0 bridgehead atoms. The summed E-state index contributed by atoms with van der Waals surface area (Å²) >= 11 is 0. The van der Waals surface area contributed by atoms with Crippen LogP contribution in [0, 0.1) is 31.0 Å². The minimum atomic E-state index is -4.00. The van der Waals surface area contributed by atoms with Gasteiger partial charge in [-0.15, -0.1) is 0 Å². The number of benzene rings is 2. The lowest BCUT2D eigenvalue weighted by molar-refractivity contribution is 0.440. The summed E-state index contributed by atoms with van der Waals surface area (Å²) in [5.41, 5.74) is 6.62. The first kappa shape index (κ1) is 17.9. The van der Waals surface area contributed by atoms with Gasteiger partial charge in [-0.3, -0.25) is 0 Å². The Morgan fingerprint density at radius 1 is 1.25 bits per heavy atom. The molecule has 0 aromatic heterocycles. The minimum absolute atomic E-state index is 0.0485. The zero-order valence-corrected chi connectivity index (χ0v) is 14.3. The van der Waals surface area contributed by atoms with E-state index in [1.54, 1.807) is 24.3 Å². The van der Waals surface area contributed by atoms with E-state index in [-0.39, 0.29) is 34.8 Å². The second kappa shape index (κ2) is 6.99. The molecule has 0 saturated carbocycles. The molecule has 2 aromatic carbocycles. The number of aryl methyl sites for hydroxylation is 1. The normalized spacial score (nSPS) is 11.5. The highest BCUT2D eigenvalue weighted by molar-refractivity contribution is 7.89. The summed E-state index contributed by atoms with van der Waals surface area (Å²) < 4.78 is 40.8. The van der Waals surface area contributed by atoms with Crippen molar-refractivity contribution in [2.45, 2.75) is 25.3 Å². The van der Waals surface area contributed by atoms with Crippen molar-refractivity contribution in [2.24, 2.45) is 0 Å². The van der Waals surface area contributed by atoms with E-state index in [1.807, 2.05) is 12.1 Å². The summed E-state index contributed by atoms with van der Waals surface area (Å²) in [6.45, 7) is 2.71. The number of nitriles is 1. The van der Waals surface area contributed by atoms with Crippen LogP contribution in [0.1, 0.15) is 16.7 Å². The SMILES string of the molecule is Cc1cc(F)c(N)c(C)c1S(=O)(=O)N(CC#N)Cc1ccccc1. The molecular formula is C17H18FN3O2S. The van der Waals surface area contributed by atoms with Gasteiger partial charge in [-0.2, -0.15) is 9.57 Å². The molecule has 5 nitrogen and oxygen atoms in total. The average molecular weight is 347 g/mol. The van der Waals surface area contributed by atoms with E-state index >= 15 is 0 Å². The van der Waals surface area contributed by atoms with E-state index in [0.717, 1.165) is 15.9 Å². The maximum atomic E-state index is 13.7. The first-order valence-corrected chi connectivity index (χ1v) is 8.69. The fraction of sp³-hybridized carbons (Fsp3) is 0.235. The molecule has 0 unspecified atom stereocenters. The van der Waals surface area contributed by atoms with E-state index in [0.29, 0.717) is 0 Å². The molecule has 2 N–H and O–H groups in total. The van der Waals surface area contributed by atoms with Crippen molar-refractivity contribution in [2.75, 3.05) is 12.3 Å². The van der Waals surface area contributed by atoms with E-state index in [1.165, 1.54) is 13.8 Å². The third kappa shape index (κ3) is 3.40. The first-order chi connectivity index (χ1) is 11.3. The van der Waals surface area contributed by atoms with E-state index in [2.05, 4.69) is 0 Å². The number of halogens is 1. The Morgan fingerprint density at radius 2 is 1.88 bits per heavy atom. The third-order valence-corrected chi connectivity index (χ3v) is 5.83. The van der Waals surface area contributed by atoms with Crippen LogP contribution in [0.2, 0.25) is 0 Å². The number of anilines is 1. The van der Waals surface area contributed by atoms with Crippen LogP contribution < -0.4 is 5.73 Å². The summed E-state index contributed by atoms with van der Waals surface area (Å²) in [5.74, 6) is -0.654. The Balaban J connectivity index is 2.54. The van der Waals surface area contributed by atoms with Crippen LogP contribution in [0.25, 0.3) is 0 Å². The minimum Gasteiger partial charge on any atom is -0.396 e. The fourth-order valence-corrected chi connectivity index (χ4v) is 4.32. The van der Waals surface area contributed by atoms with Crippen molar-refractivity contribution in [3.63, 3.8) is 0 Å². The molecule has 2 rings (SSSR count).